The first kappa shape index (κ1) is 15.9. The van der Waals surface area contributed by atoms with Gasteiger partial charge in [-0.15, -0.1) is 11.3 Å². The number of hydrogen-bond donors (Lipinski definition) is 3. The second kappa shape index (κ2) is 7.43. The van der Waals surface area contributed by atoms with E-state index in [2.05, 4.69) is 10.3 Å². The van der Waals surface area contributed by atoms with E-state index in [0.717, 1.165) is 5.69 Å². The van der Waals surface area contributed by atoms with Gasteiger partial charge in [0.15, 0.2) is 0 Å². The largest absolute Gasteiger partial charge is 0.480 e. The highest BCUT2D eigenvalue weighted by Gasteiger charge is 2.22. The zero-order valence-electron chi connectivity index (χ0n) is 10.9. The van der Waals surface area contributed by atoms with E-state index in [1.807, 2.05) is 0 Å². The molecular weight excluding hydrogens is 284 g/mol. The average molecular weight is 300 g/mol. The number of nitrogens with one attached hydrogen (secondary N) is 1. The second-order valence-electron chi connectivity index (χ2n) is 4.18. The molecular formula is C11H16N4O4S. The van der Waals surface area contributed by atoms with E-state index in [-0.39, 0.29) is 19.4 Å². The van der Waals surface area contributed by atoms with Crippen molar-refractivity contribution in [3.8, 4) is 0 Å². The fourth-order valence-corrected chi connectivity index (χ4v) is 1.98. The van der Waals surface area contributed by atoms with Crippen LogP contribution in [0.4, 0.5) is 4.79 Å². The molecule has 0 unspecified atom stereocenters. The highest BCUT2D eigenvalue weighted by atomic mass is 32.1. The molecule has 0 saturated heterocycles. The second-order valence-corrected chi connectivity index (χ2v) is 4.90. The third-order valence-electron chi connectivity index (χ3n) is 2.50. The molecule has 0 aliphatic rings. The van der Waals surface area contributed by atoms with Crippen molar-refractivity contribution in [2.24, 2.45) is 5.73 Å². The molecule has 0 aliphatic heterocycles. The summed E-state index contributed by atoms with van der Waals surface area (Å²) in [5.74, 6) is -1.82. The van der Waals surface area contributed by atoms with Gasteiger partial charge in [0, 0.05) is 18.8 Å². The van der Waals surface area contributed by atoms with E-state index in [1.165, 1.54) is 23.3 Å². The molecule has 0 bridgehead atoms. The van der Waals surface area contributed by atoms with Crippen molar-refractivity contribution in [2.45, 2.75) is 25.4 Å². The van der Waals surface area contributed by atoms with Gasteiger partial charge in [-0.1, -0.05) is 0 Å². The quantitative estimate of drug-likeness (QED) is 0.653. The molecule has 1 aromatic rings. The zero-order chi connectivity index (χ0) is 15.1. The van der Waals surface area contributed by atoms with Gasteiger partial charge < -0.3 is 21.1 Å². The SMILES string of the molecule is CN(Cc1cscn1)C(=O)N[C@H](CCC(N)=O)C(=O)O. The van der Waals surface area contributed by atoms with Crippen LogP contribution in [0.5, 0.6) is 0 Å². The smallest absolute Gasteiger partial charge is 0.326 e. The fourth-order valence-electron chi connectivity index (χ4n) is 1.43. The summed E-state index contributed by atoms with van der Waals surface area (Å²) in [6.07, 6.45) is -0.145. The first-order chi connectivity index (χ1) is 9.40. The number of aromatic nitrogens is 1. The topological polar surface area (TPSA) is 126 Å². The monoisotopic (exact) mass is 300 g/mol. The summed E-state index contributed by atoms with van der Waals surface area (Å²) >= 11 is 1.41. The number of hydrogen-bond acceptors (Lipinski definition) is 5. The van der Waals surface area contributed by atoms with Gasteiger partial charge >= 0.3 is 12.0 Å². The predicted octanol–water partition coefficient (Wildman–Crippen LogP) is 0.00320. The Balaban J connectivity index is 2.52. The van der Waals surface area contributed by atoms with E-state index in [1.54, 1.807) is 10.9 Å². The van der Waals surface area contributed by atoms with Gasteiger partial charge in [0.1, 0.15) is 6.04 Å². The minimum atomic E-state index is -1.21. The summed E-state index contributed by atoms with van der Waals surface area (Å²) in [5, 5.41) is 13.1. The first-order valence-corrected chi connectivity index (χ1v) is 6.74. The van der Waals surface area contributed by atoms with Gasteiger partial charge in [0.2, 0.25) is 5.91 Å². The maximum Gasteiger partial charge on any atom is 0.326 e. The fraction of sp³-hybridized carbons (Fsp3) is 0.455. The molecule has 0 aliphatic carbocycles. The lowest BCUT2D eigenvalue weighted by Gasteiger charge is -2.20. The van der Waals surface area contributed by atoms with E-state index in [9.17, 15) is 14.4 Å². The average Bonchev–Trinajstić information content (AvgIpc) is 2.86. The third kappa shape index (κ3) is 5.22. The summed E-state index contributed by atoms with van der Waals surface area (Å²) in [6, 6.07) is -1.69. The summed E-state index contributed by atoms with van der Waals surface area (Å²) in [6.45, 7) is 0.275. The molecule has 8 nitrogen and oxygen atoms in total. The molecule has 4 N–H and O–H groups in total. The Bertz CT molecular complexity index is 477. The standard InChI is InChI=1S/C11H16N4O4S/c1-15(4-7-5-20-6-13-7)11(19)14-8(10(17)18)2-3-9(12)16/h5-6,8H,2-4H2,1H3,(H2,12,16)(H,14,19)(H,17,18)/t8-/m1/s1. The van der Waals surface area contributed by atoms with Gasteiger partial charge in [0.25, 0.3) is 0 Å². The van der Waals surface area contributed by atoms with Gasteiger partial charge in [-0.05, 0) is 6.42 Å². The zero-order valence-corrected chi connectivity index (χ0v) is 11.7. The first-order valence-electron chi connectivity index (χ1n) is 5.80. The Hall–Kier alpha value is -2.16. The molecule has 0 radical (unpaired) electrons. The van der Waals surface area contributed by atoms with E-state index >= 15 is 0 Å². The maximum atomic E-state index is 11.8. The molecule has 0 spiro atoms. The number of urea groups is 1. The van der Waals surface area contributed by atoms with Crippen LogP contribution in [0.25, 0.3) is 0 Å². The van der Waals surface area contributed by atoms with Crippen LogP contribution >= 0.6 is 11.3 Å². The van der Waals surface area contributed by atoms with Gasteiger partial charge in [-0.25, -0.2) is 14.6 Å². The molecule has 110 valence electrons. The Morgan fingerprint density at radius 2 is 2.25 bits per heavy atom. The molecule has 3 amide bonds. The van der Waals surface area contributed by atoms with Crippen molar-refractivity contribution < 1.29 is 19.5 Å². The van der Waals surface area contributed by atoms with Crippen molar-refractivity contribution in [3.63, 3.8) is 0 Å². The van der Waals surface area contributed by atoms with E-state index in [0.29, 0.717) is 0 Å². The summed E-state index contributed by atoms with van der Waals surface area (Å²) in [5.41, 5.74) is 7.33. The molecule has 1 heterocycles. The summed E-state index contributed by atoms with van der Waals surface area (Å²) in [7, 11) is 1.53. The van der Waals surface area contributed by atoms with E-state index in [4.69, 9.17) is 10.8 Å². The highest BCUT2D eigenvalue weighted by Crippen LogP contribution is 2.05. The minimum Gasteiger partial charge on any atom is -0.480 e. The number of carboxylic acid groups (broad SMARTS) is 1. The molecule has 0 aromatic carbocycles. The number of thiazole rings is 1. The van der Waals surface area contributed by atoms with Crippen molar-refractivity contribution in [3.05, 3.63) is 16.6 Å². The number of amides is 3. The molecule has 0 fully saturated rings. The number of rotatable bonds is 7. The van der Waals surface area contributed by atoms with Gasteiger partial charge in [0.05, 0.1) is 17.7 Å². The Morgan fingerprint density at radius 3 is 2.75 bits per heavy atom. The van der Waals surface area contributed by atoms with Crippen molar-refractivity contribution >= 4 is 29.2 Å². The van der Waals surface area contributed by atoms with Gasteiger partial charge in [-0.3, -0.25) is 4.79 Å². The lowest BCUT2D eigenvalue weighted by Crippen LogP contribution is -2.46. The molecule has 1 atom stereocenters. The van der Waals surface area contributed by atoms with Crippen LogP contribution in [0.1, 0.15) is 18.5 Å². The van der Waals surface area contributed by atoms with Gasteiger partial charge in [-0.2, -0.15) is 0 Å². The van der Waals surface area contributed by atoms with Crippen molar-refractivity contribution in [2.75, 3.05) is 7.05 Å². The van der Waals surface area contributed by atoms with Crippen molar-refractivity contribution in [1.29, 1.82) is 0 Å². The Morgan fingerprint density at radius 1 is 1.55 bits per heavy atom. The van der Waals surface area contributed by atoms with E-state index < -0.39 is 23.9 Å². The minimum absolute atomic E-state index is 0.0407. The third-order valence-corrected chi connectivity index (χ3v) is 3.14. The normalized spacial score (nSPS) is 11.7. The van der Waals surface area contributed by atoms with Crippen LogP contribution < -0.4 is 11.1 Å². The summed E-state index contributed by atoms with van der Waals surface area (Å²) in [4.78, 5) is 38.8. The summed E-state index contributed by atoms with van der Waals surface area (Å²) < 4.78 is 0. The lowest BCUT2D eigenvalue weighted by molar-refractivity contribution is -0.139. The highest BCUT2D eigenvalue weighted by molar-refractivity contribution is 7.07. The number of aliphatic carboxylic acids is 1. The molecule has 1 rings (SSSR count). The molecule has 0 saturated carbocycles. The Kier molecular flexibility index (Phi) is 5.91. The number of nitrogens with zero attached hydrogens (tertiary/aromatic N) is 2. The van der Waals surface area contributed by atoms with Crippen LogP contribution in [0.3, 0.4) is 0 Å². The van der Waals surface area contributed by atoms with Crippen LogP contribution in [-0.4, -0.2) is 46.0 Å². The molecule has 9 heteroatoms. The number of carboxylic acids is 1. The molecule has 1 aromatic heterocycles. The Labute approximate surface area is 119 Å². The maximum absolute atomic E-state index is 11.8. The molecule has 20 heavy (non-hydrogen) atoms. The lowest BCUT2D eigenvalue weighted by atomic mass is 10.1. The predicted molar refractivity (Wildman–Crippen MR) is 72.0 cm³/mol. The number of nitrogens with two attached hydrogens (primary N) is 1. The van der Waals surface area contributed by atoms with Crippen LogP contribution in [0.15, 0.2) is 10.9 Å². The van der Waals surface area contributed by atoms with Crippen LogP contribution in [-0.2, 0) is 16.1 Å². The number of carbonyl (C=O) groups is 3. The number of carbonyl (C=O) groups excluding carboxylic acids is 2. The van der Waals surface area contributed by atoms with Crippen LogP contribution in [0, 0.1) is 0 Å². The van der Waals surface area contributed by atoms with Crippen molar-refractivity contribution in [1.82, 2.24) is 15.2 Å². The van der Waals surface area contributed by atoms with Crippen LogP contribution in [0.2, 0.25) is 0 Å². The number of primary amides is 1.